The van der Waals surface area contributed by atoms with Crippen molar-refractivity contribution < 1.29 is 14.6 Å². The molecular weight excluding hydrogens is 263 g/mol. The molecule has 0 saturated heterocycles. The third kappa shape index (κ3) is 4.68. The number of aliphatic hydroxyl groups is 1. The molecule has 0 amide bonds. The van der Waals surface area contributed by atoms with Crippen LogP contribution in [0.25, 0.3) is 0 Å². The van der Waals surface area contributed by atoms with Crippen LogP contribution in [0.5, 0.6) is 0 Å². The van der Waals surface area contributed by atoms with Crippen molar-refractivity contribution in [1.29, 1.82) is 0 Å². The second-order valence-corrected chi connectivity index (χ2v) is 7.51. The molecule has 1 aromatic rings. The molecule has 1 rings (SSSR count). The van der Waals surface area contributed by atoms with E-state index in [-0.39, 0.29) is 11.2 Å². The lowest BCUT2D eigenvalue weighted by Crippen LogP contribution is -2.49. The summed E-state index contributed by atoms with van der Waals surface area (Å²) < 4.78 is 5.69. The van der Waals surface area contributed by atoms with Crippen molar-refractivity contribution in [2.24, 2.45) is 5.41 Å². The molecule has 0 spiro atoms. The first kappa shape index (κ1) is 17.9. The first-order valence-corrected chi connectivity index (χ1v) is 7.23. The Morgan fingerprint density at radius 2 is 1.48 bits per heavy atom. The van der Waals surface area contributed by atoms with Crippen LogP contribution < -0.4 is 5.46 Å². The third-order valence-electron chi connectivity index (χ3n) is 3.82. The summed E-state index contributed by atoms with van der Waals surface area (Å²) in [5, 5.41) is 10.0. The number of hydrogen-bond acceptors (Lipinski definition) is 3. The van der Waals surface area contributed by atoms with Crippen molar-refractivity contribution in [3.63, 3.8) is 0 Å². The maximum absolute atomic E-state index is 12.2. The van der Waals surface area contributed by atoms with E-state index in [1.165, 1.54) is 0 Å². The maximum atomic E-state index is 12.2. The second kappa shape index (κ2) is 5.94. The van der Waals surface area contributed by atoms with Gasteiger partial charge < -0.3 is 9.76 Å². The number of rotatable bonds is 5. The Balaban J connectivity index is 2.75. The predicted molar refractivity (Wildman–Crippen MR) is 87.1 cm³/mol. The Bertz CT molecular complexity index is 490. The molecule has 0 aliphatic rings. The van der Waals surface area contributed by atoms with Crippen molar-refractivity contribution in [2.75, 3.05) is 0 Å². The fourth-order valence-corrected chi connectivity index (χ4v) is 1.51. The van der Waals surface area contributed by atoms with Gasteiger partial charge in [-0.1, -0.05) is 50.5 Å². The Morgan fingerprint density at radius 1 is 1.00 bits per heavy atom. The first-order valence-electron chi connectivity index (χ1n) is 7.23. The van der Waals surface area contributed by atoms with E-state index in [0.717, 1.165) is 5.46 Å². The topological polar surface area (TPSA) is 46.5 Å². The molecule has 0 aromatic heterocycles. The zero-order chi connectivity index (χ0) is 16.5. The lowest BCUT2D eigenvalue weighted by Gasteiger charge is -2.37. The molecule has 115 valence electrons. The molecule has 0 unspecified atom stereocenters. The normalized spacial score (nSPS) is 13.1. The molecule has 1 radical (unpaired) electrons. The van der Waals surface area contributed by atoms with E-state index in [4.69, 9.17) is 4.65 Å². The molecular formula is C17H26BO3. The number of ketones is 1. The molecule has 4 heteroatoms. The Kier molecular flexibility index (Phi) is 5.07. The Labute approximate surface area is 129 Å². The summed E-state index contributed by atoms with van der Waals surface area (Å²) in [7, 11) is 1.61. The van der Waals surface area contributed by atoms with Crippen LogP contribution in [0.2, 0.25) is 0 Å². The van der Waals surface area contributed by atoms with E-state index in [2.05, 4.69) is 0 Å². The van der Waals surface area contributed by atoms with Gasteiger partial charge in [0.05, 0.1) is 11.2 Å². The summed E-state index contributed by atoms with van der Waals surface area (Å²) in [6.45, 7) is 12.8. The van der Waals surface area contributed by atoms with Gasteiger partial charge in [-0.05, 0) is 27.7 Å². The lowest BCUT2D eigenvalue weighted by molar-refractivity contribution is -0.0893. The van der Waals surface area contributed by atoms with E-state index in [1.807, 2.05) is 46.8 Å². The summed E-state index contributed by atoms with van der Waals surface area (Å²) in [5.74, 6) is 0.117. The van der Waals surface area contributed by atoms with Gasteiger partial charge in [0.15, 0.2) is 5.78 Å². The SMILES string of the molecule is CC(C)(C)C(=O)c1ccc([B]OC(C)(C)C(C)(C)O)cc1. The lowest BCUT2D eigenvalue weighted by atomic mass is 9.81. The standard InChI is InChI=1S/C17H26BO3/c1-15(2,3)14(19)12-8-10-13(11-9-12)18-21-17(6,7)16(4,5)20/h8-11,20H,1-7H3. The smallest absolute Gasteiger partial charge is 0.330 e. The number of Topliss-reactive ketones (excluding diaryl/α,β-unsaturated/α-hetero) is 1. The third-order valence-corrected chi connectivity index (χ3v) is 3.82. The highest BCUT2D eigenvalue weighted by molar-refractivity contribution is 6.47. The van der Waals surface area contributed by atoms with Crippen LogP contribution in [0.3, 0.4) is 0 Å². The van der Waals surface area contributed by atoms with Gasteiger partial charge in [-0.2, -0.15) is 0 Å². The van der Waals surface area contributed by atoms with Gasteiger partial charge in [0.1, 0.15) is 0 Å². The monoisotopic (exact) mass is 289 g/mol. The van der Waals surface area contributed by atoms with Crippen molar-refractivity contribution in [3.8, 4) is 0 Å². The van der Waals surface area contributed by atoms with E-state index in [9.17, 15) is 9.90 Å². The van der Waals surface area contributed by atoms with Crippen molar-refractivity contribution >= 4 is 18.7 Å². The van der Waals surface area contributed by atoms with Gasteiger partial charge in [-0.3, -0.25) is 4.79 Å². The van der Waals surface area contributed by atoms with Gasteiger partial charge in [0.2, 0.25) is 0 Å². The highest BCUT2D eigenvalue weighted by atomic mass is 16.5. The van der Waals surface area contributed by atoms with Crippen LogP contribution >= 0.6 is 0 Å². The minimum Gasteiger partial charge on any atom is -0.427 e. The van der Waals surface area contributed by atoms with E-state index in [1.54, 1.807) is 33.5 Å². The van der Waals surface area contributed by atoms with Gasteiger partial charge in [0.25, 0.3) is 0 Å². The Hall–Kier alpha value is -1.13. The summed E-state index contributed by atoms with van der Waals surface area (Å²) in [4.78, 5) is 12.2. The van der Waals surface area contributed by atoms with Crippen molar-refractivity contribution in [1.82, 2.24) is 0 Å². The van der Waals surface area contributed by atoms with E-state index < -0.39 is 11.2 Å². The zero-order valence-electron chi connectivity index (χ0n) is 14.2. The average molecular weight is 289 g/mol. The van der Waals surface area contributed by atoms with Crippen LogP contribution in [-0.4, -0.2) is 29.6 Å². The van der Waals surface area contributed by atoms with Crippen LogP contribution in [0.4, 0.5) is 0 Å². The minimum absolute atomic E-state index is 0.117. The second-order valence-electron chi connectivity index (χ2n) is 7.51. The molecule has 0 bridgehead atoms. The van der Waals surface area contributed by atoms with Gasteiger partial charge in [-0.25, -0.2) is 0 Å². The van der Waals surface area contributed by atoms with Crippen LogP contribution in [0.1, 0.15) is 58.8 Å². The molecule has 0 atom stereocenters. The highest BCUT2D eigenvalue weighted by Gasteiger charge is 2.35. The van der Waals surface area contributed by atoms with E-state index in [0.29, 0.717) is 5.56 Å². The van der Waals surface area contributed by atoms with Crippen molar-refractivity contribution in [3.05, 3.63) is 29.8 Å². The molecule has 0 fully saturated rings. The zero-order valence-corrected chi connectivity index (χ0v) is 14.2. The number of benzene rings is 1. The Morgan fingerprint density at radius 3 is 1.86 bits per heavy atom. The molecule has 0 aliphatic carbocycles. The van der Waals surface area contributed by atoms with E-state index >= 15 is 0 Å². The average Bonchev–Trinajstić information content (AvgIpc) is 2.34. The number of hydrogen-bond donors (Lipinski definition) is 1. The fourth-order valence-electron chi connectivity index (χ4n) is 1.51. The summed E-state index contributed by atoms with van der Waals surface area (Å²) in [6, 6.07) is 7.30. The van der Waals surface area contributed by atoms with Crippen molar-refractivity contribution in [2.45, 2.75) is 59.7 Å². The first-order chi connectivity index (χ1) is 9.34. The summed E-state index contributed by atoms with van der Waals surface area (Å²) in [5.41, 5.74) is -0.484. The maximum Gasteiger partial charge on any atom is 0.330 e. The molecule has 1 N–H and O–H groups in total. The predicted octanol–water partition coefficient (Wildman–Crippen LogP) is 2.73. The van der Waals surface area contributed by atoms with Gasteiger partial charge >= 0.3 is 7.48 Å². The molecule has 1 aromatic carbocycles. The number of carbonyl (C=O) groups excluding carboxylic acids is 1. The van der Waals surface area contributed by atoms with Crippen LogP contribution in [0, 0.1) is 5.41 Å². The quantitative estimate of drug-likeness (QED) is 0.669. The summed E-state index contributed by atoms with van der Waals surface area (Å²) in [6.07, 6.45) is 0. The molecule has 21 heavy (non-hydrogen) atoms. The number of carbonyl (C=O) groups is 1. The largest absolute Gasteiger partial charge is 0.427 e. The van der Waals surface area contributed by atoms with Crippen LogP contribution in [0.15, 0.2) is 24.3 Å². The molecule has 0 heterocycles. The van der Waals surface area contributed by atoms with Gasteiger partial charge in [0, 0.05) is 11.0 Å². The molecule has 0 aliphatic heterocycles. The molecule has 0 saturated carbocycles. The summed E-state index contributed by atoms with van der Waals surface area (Å²) >= 11 is 0. The van der Waals surface area contributed by atoms with Crippen LogP contribution in [-0.2, 0) is 4.65 Å². The van der Waals surface area contributed by atoms with Gasteiger partial charge in [-0.15, -0.1) is 0 Å². The minimum atomic E-state index is -0.953. The highest BCUT2D eigenvalue weighted by Crippen LogP contribution is 2.24. The molecule has 3 nitrogen and oxygen atoms in total. The fraction of sp³-hybridized carbons (Fsp3) is 0.588.